The topological polar surface area (TPSA) is 85.5 Å². The SMILES string of the molecule is Cc1ccc(N2C(=O)NC3=C(C(=O)N[C@@H]4CCCNC4)SC4NCCC2C34)cc1. The minimum absolute atomic E-state index is 0.0573. The summed E-state index contributed by atoms with van der Waals surface area (Å²) in [5.41, 5.74) is 2.88. The number of urea groups is 1. The molecule has 3 saturated heterocycles. The van der Waals surface area contributed by atoms with E-state index in [1.54, 1.807) is 11.8 Å². The monoisotopic (exact) mass is 413 g/mol. The molecule has 154 valence electrons. The van der Waals surface area contributed by atoms with Crippen molar-refractivity contribution in [3.05, 3.63) is 40.4 Å². The van der Waals surface area contributed by atoms with E-state index < -0.39 is 0 Å². The smallest absolute Gasteiger partial charge is 0.326 e. The average molecular weight is 414 g/mol. The molecule has 29 heavy (non-hydrogen) atoms. The largest absolute Gasteiger partial charge is 0.348 e. The number of carbonyl (C=O) groups excluding carboxylic acids is 2. The Balaban J connectivity index is 1.43. The van der Waals surface area contributed by atoms with Crippen LogP contribution >= 0.6 is 11.8 Å². The van der Waals surface area contributed by atoms with Crippen LogP contribution in [0.2, 0.25) is 0 Å². The Labute approximate surface area is 175 Å². The van der Waals surface area contributed by atoms with Gasteiger partial charge in [-0.25, -0.2) is 4.79 Å². The van der Waals surface area contributed by atoms with E-state index >= 15 is 0 Å². The number of hydrogen-bond donors (Lipinski definition) is 4. The lowest BCUT2D eigenvalue weighted by Crippen LogP contribution is -2.62. The van der Waals surface area contributed by atoms with Crippen molar-refractivity contribution >= 4 is 29.4 Å². The zero-order valence-corrected chi connectivity index (χ0v) is 17.3. The van der Waals surface area contributed by atoms with Gasteiger partial charge in [0.25, 0.3) is 5.91 Å². The maximum Gasteiger partial charge on any atom is 0.326 e. The molecule has 4 atom stereocenters. The van der Waals surface area contributed by atoms with Gasteiger partial charge >= 0.3 is 6.03 Å². The van der Waals surface area contributed by atoms with E-state index in [1.165, 1.54) is 5.56 Å². The highest BCUT2D eigenvalue weighted by Crippen LogP contribution is 2.47. The number of anilines is 1. The van der Waals surface area contributed by atoms with E-state index in [4.69, 9.17) is 0 Å². The Morgan fingerprint density at radius 2 is 2.03 bits per heavy atom. The standard InChI is InChI=1S/C21H27N5O2S/c1-12-4-6-14(7-5-12)26-15-8-10-23-20-16(15)17(25-21(26)28)18(29-20)19(27)24-13-3-2-9-22-11-13/h4-7,13,15-16,20,22-23H,2-3,8-11H2,1H3,(H,24,27)(H,25,28)/t13-,15?,16?,20?/m1/s1. The molecule has 1 aromatic carbocycles. The Bertz CT molecular complexity index is 849. The first-order valence-electron chi connectivity index (χ1n) is 10.4. The number of piperidine rings is 2. The lowest BCUT2D eigenvalue weighted by Gasteiger charge is -2.45. The summed E-state index contributed by atoms with van der Waals surface area (Å²) in [7, 11) is 0. The van der Waals surface area contributed by atoms with Crippen molar-refractivity contribution < 1.29 is 9.59 Å². The second-order valence-electron chi connectivity index (χ2n) is 8.27. The fraction of sp³-hybridized carbons (Fsp3) is 0.524. The van der Waals surface area contributed by atoms with Gasteiger partial charge in [0.1, 0.15) is 0 Å². The summed E-state index contributed by atoms with van der Waals surface area (Å²) in [5, 5.41) is 13.2. The zero-order chi connectivity index (χ0) is 20.0. The molecule has 4 N–H and O–H groups in total. The zero-order valence-electron chi connectivity index (χ0n) is 16.5. The molecule has 0 aliphatic carbocycles. The highest BCUT2D eigenvalue weighted by molar-refractivity contribution is 8.04. The summed E-state index contributed by atoms with van der Waals surface area (Å²) in [6.45, 7) is 4.70. The number of nitrogens with one attached hydrogen (secondary N) is 4. The van der Waals surface area contributed by atoms with Gasteiger partial charge in [-0.2, -0.15) is 0 Å². The number of thioether (sulfide) groups is 1. The highest BCUT2D eigenvalue weighted by Gasteiger charge is 2.51. The quantitative estimate of drug-likeness (QED) is 0.606. The molecule has 7 nitrogen and oxygen atoms in total. The molecule has 3 unspecified atom stereocenters. The highest BCUT2D eigenvalue weighted by atomic mass is 32.2. The molecule has 0 bridgehead atoms. The maximum atomic E-state index is 13.1. The Morgan fingerprint density at radius 1 is 1.21 bits per heavy atom. The summed E-state index contributed by atoms with van der Waals surface area (Å²) >= 11 is 1.56. The van der Waals surface area contributed by atoms with Gasteiger partial charge in [0.15, 0.2) is 0 Å². The second kappa shape index (κ2) is 7.66. The molecule has 4 aliphatic heterocycles. The van der Waals surface area contributed by atoms with Crippen molar-refractivity contribution in [2.75, 3.05) is 24.5 Å². The van der Waals surface area contributed by atoms with Crippen LogP contribution in [-0.4, -0.2) is 49.0 Å². The second-order valence-corrected chi connectivity index (χ2v) is 9.42. The van der Waals surface area contributed by atoms with Gasteiger partial charge in [0.05, 0.1) is 16.3 Å². The molecule has 3 fully saturated rings. The van der Waals surface area contributed by atoms with Gasteiger partial charge in [0.2, 0.25) is 0 Å². The summed E-state index contributed by atoms with van der Waals surface area (Å²) < 4.78 is 0. The van der Waals surface area contributed by atoms with E-state index in [0.29, 0.717) is 4.91 Å². The lowest BCUT2D eigenvalue weighted by atomic mass is 9.86. The number of rotatable bonds is 3. The third-order valence-electron chi connectivity index (χ3n) is 6.29. The van der Waals surface area contributed by atoms with Crippen molar-refractivity contribution in [2.45, 2.75) is 43.6 Å². The first-order valence-corrected chi connectivity index (χ1v) is 11.3. The molecule has 4 heterocycles. The third kappa shape index (κ3) is 3.43. The fourth-order valence-electron chi connectivity index (χ4n) is 4.85. The summed E-state index contributed by atoms with van der Waals surface area (Å²) in [6.07, 6.45) is 2.93. The summed E-state index contributed by atoms with van der Waals surface area (Å²) in [4.78, 5) is 28.7. The predicted molar refractivity (Wildman–Crippen MR) is 115 cm³/mol. The van der Waals surface area contributed by atoms with Crippen LogP contribution in [0, 0.1) is 12.8 Å². The van der Waals surface area contributed by atoms with Gasteiger partial charge in [-0.15, -0.1) is 0 Å². The van der Waals surface area contributed by atoms with Crippen LogP contribution in [0.25, 0.3) is 0 Å². The molecule has 0 saturated carbocycles. The molecular weight excluding hydrogens is 386 g/mol. The van der Waals surface area contributed by atoms with Crippen LogP contribution < -0.4 is 26.2 Å². The first kappa shape index (κ1) is 19.0. The van der Waals surface area contributed by atoms with E-state index in [2.05, 4.69) is 21.3 Å². The Morgan fingerprint density at radius 3 is 2.79 bits per heavy atom. The Hall–Kier alpha value is -2.03. The van der Waals surface area contributed by atoms with E-state index in [1.807, 2.05) is 36.1 Å². The average Bonchev–Trinajstić information content (AvgIpc) is 3.10. The van der Waals surface area contributed by atoms with Gasteiger partial charge in [-0.3, -0.25) is 9.69 Å². The number of aryl methyl sites for hydroxylation is 1. The minimum Gasteiger partial charge on any atom is -0.348 e. The lowest BCUT2D eigenvalue weighted by molar-refractivity contribution is -0.117. The van der Waals surface area contributed by atoms with Crippen LogP contribution in [0.3, 0.4) is 0 Å². The number of carbonyl (C=O) groups is 2. The number of amides is 3. The molecule has 1 aromatic rings. The predicted octanol–water partition coefficient (Wildman–Crippen LogP) is 1.66. The first-order chi connectivity index (χ1) is 14.1. The van der Waals surface area contributed by atoms with Crippen LogP contribution in [0.1, 0.15) is 24.8 Å². The van der Waals surface area contributed by atoms with E-state index in [0.717, 1.165) is 50.3 Å². The van der Waals surface area contributed by atoms with Gasteiger partial charge in [-0.05, 0) is 51.4 Å². The molecule has 3 amide bonds. The third-order valence-corrected chi connectivity index (χ3v) is 7.65. The van der Waals surface area contributed by atoms with Gasteiger partial charge < -0.3 is 21.3 Å². The normalized spacial score (nSPS) is 31.3. The van der Waals surface area contributed by atoms with Crippen molar-refractivity contribution in [2.24, 2.45) is 5.92 Å². The number of nitrogens with zero attached hydrogens (tertiary/aromatic N) is 1. The Kier molecular flexibility index (Phi) is 5.01. The molecule has 0 spiro atoms. The van der Waals surface area contributed by atoms with Gasteiger partial charge in [-0.1, -0.05) is 29.5 Å². The minimum atomic E-state index is -0.141. The summed E-state index contributed by atoms with van der Waals surface area (Å²) in [5.74, 6) is 0.0377. The molecule has 0 aromatic heterocycles. The van der Waals surface area contributed by atoms with Crippen LogP contribution in [0.5, 0.6) is 0 Å². The number of benzene rings is 1. The number of hydrogen-bond acceptors (Lipinski definition) is 5. The van der Waals surface area contributed by atoms with Crippen LogP contribution in [0.4, 0.5) is 10.5 Å². The molecule has 0 radical (unpaired) electrons. The van der Waals surface area contributed by atoms with E-state index in [9.17, 15) is 9.59 Å². The van der Waals surface area contributed by atoms with Crippen molar-refractivity contribution in [1.29, 1.82) is 0 Å². The van der Waals surface area contributed by atoms with Crippen molar-refractivity contribution in [3.8, 4) is 0 Å². The van der Waals surface area contributed by atoms with Crippen LogP contribution in [-0.2, 0) is 4.79 Å². The summed E-state index contributed by atoms with van der Waals surface area (Å²) in [6, 6.07) is 8.15. The van der Waals surface area contributed by atoms with Gasteiger partial charge in [0, 0.05) is 29.9 Å². The van der Waals surface area contributed by atoms with Crippen molar-refractivity contribution in [1.82, 2.24) is 21.3 Å². The molecule has 8 heteroatoms. The molecule has 5 rings (SSSR count). The molecular formula is C21H27N5O2S. The molecule has 4 aliphatic rings. The van der Waals surface area contributed by atoms with E-state index in [-0.39, 0.29) is 35.3 Å². The fourth-order valence-corrected chi connectivity index (χ4v) is 6.25. The maximum absolute atomic E-state index is 13.1. The van der Waals surface area contributed by atoms with Crippen molar-refractivity contribution in [3.63, 3.8) is 0 Å². The van der Waals surface area contributed by atoms with Crippen LogP contribution in [0.15, 0.2) is 34.9 Å².